The lowest BCUT2D eigenvalue weighted by Gasteiger charge is -2.38. The molecule has 0 amide bonds. The van der Waals surface area contributed by atoms with E-state index in [-0.39, 0.29) is 24.0 Å². The predicted octanol–water partition coefficient (Wildman–Crippen LogP) is 3.55. The van der Waals surface area contributed by atoms with Gasteiger partial charge in [0.15, 0.2) is 5.96 Å². The van der Waals surface area contributed by atoms with Crippen LogP contribution in [0.1, 0.15) is 45.1 Å². The summed E-state index contributed by atoms with van der Waals surface area (Å²) < 4.78 is 0. The Morgan fingerprint density at radius 3 is 2.48 bits per heavy atom. The summed E-state index contributed by atoms with van der Waals surface area (Å²) in [5, 5.41) is 7.18. The minimum absolute atomic E-state index is 0. The molecule has 0 saturated carbocycles. The fourth-order valence-corrected chi connectivity index (χ4v) is 4.38. The van der Waals surface area contributed by atoms with Gasteiger partial charge in [-0.05, 0) is 71.1 Å². The van der Waals surface area contributed by atoms with Crippen molar-refractivity contribution in [3.8, 4) is 0 Å². The lowest BCUT2D eigenvalue weighted by molar-refractivity contribution is 0.134. The van der Waals surface area contributed by atoms with Crippen molar-refractivity contribution in [2.45, 2.75) is 58.2 Å². The molecule has 3 rings (SSSR count). The van der Waals surface area contributed by atoms with Gasteiger partial charge < -0.3 is 15.5 Å². The van der Waals surface area contributed by atoms with Gasteiger partial charge in [0.1, 0.15) is 0 Å². The summed E-state index contributed by atoms with van der Waals surface area (Å²) in [6.45, 7) is 11.0. The molecule has 6 heteroatoms. The standard InChI is InChI=1S/C23H39N5.HI/c1-4-24-23(25-17-20-10-13-27(3)14-11-20)26-22-12-15-28(19(2)16-22)18-21-8-6-5-7-9-21;/h5-9,19-20,22H,4,10-18H2,1-3H3,(H2,24,25,26);1H. The molecule has 164 valence electrons. The SMILES string of the molecule is CCNC(=NCC1CCN(C)CC1)NC1CCN(Cc2ccccc2)C(C)C1.I. The van der Waals surface area contributed by atoms with Gasteiger partial charge in [0.05, 0.1) is 0 Å². The summed E-state index contributed by atoms with van der Waals surface area (Å²) in [4.78, 5) is 9.96. The van der Waals surface area contributed by atoms with E-state index in [0.29, 0.717) is 12.1 Å². The summed E-state index contributed by atoms with van der Waals surface area (Å²) in [5.41, 5.74) is 1.41. The number of aliphatic imine (C=N–C) groups is 1. The molecule has 5 nitrogen and oxygen atoms in total. The topological polar surface area (TPSA) is 42.9 Å². The van der Waals surface area contributed by atoms with Crippen LogP contribution >= 0.6 is 24.0 Å². The van der Waals surface area contributed by atoms with Crippen molar-refractivity contribution in [1.82, 2.24) is 20.4 Å². The number of benzene rings is 1. The third-order valence-electron chi connectivity index (χ3n) is 6.27. The molecule has 1 aromatic rings. The minimum Gasteiger partial charge on any atom is -0.357 e. The highest BCUT2D eigenvalue weighted by atomic mass is 127. The maximum atomic E-state index is 4.93. The minimum atomic E-state index is 0. The Morgan fingerprint density at radius 2 is 1.83 bits per heavy atom. The Morgan fingerprint density at radius 1 is 1.10 bits per heavy atom. The summed E-state index contributed by atoms with van der Waals surface area (Å²) in [7, 11) is 2.22. The van der Waals surface area contributed by atoms with Gasteiger partial charge in [0.2, 0.25) is 0 Å². The van der Waals surface area contributed by atoms with Crippen LogP contribution < -0.4 is 10.6 Å². The van der Waals surface area contributed by atoms with Crippen LogP contribution in [0.5, 0.6) is 0 Å². The third-order valence-corrected chi connectivity index (χ3v) is 6.27. The Kier molecular flexibility index (Phi) is 10.7. The van der Waals surface area contributed by atoms with Gasteiger partial charge in [-0.3, -0.25) is 9.89 Å². The number of rotatable bonds is 6. The predicted molar refractivity (Wildman–Crippen MR) is 134 cm³/mol. The monoisotopic (exact) mass is 513 g/mol. The van der Waals surface area contributed by atoms with Crippen molar-refractivity contribution in [1.29, 1.82) is 0 Å². The van der Waals surface area contributed by atoms with E-state index in [1.165, 1.54) is 44.3 Å². The first kappa shape index (κ1) is 24.4. The molecule has 0 aliphatic carbocycles. The Labute approximate surface area is 194 Å². The lowest BCUT2D eigenvalue weighted by atomic mass is 9.97. The largest absolute Gasteiger partial charge is 0.357 e. The van der Waals surface area contributed by atoms with Crippen molar-refractivity contribution >= 4 is 29.9 Å². The van der Waals surface area contributed by atoms with E-state index in [1.54, 1.807) is 0 Å². The van der Waals surface area contributed by atoms with E-state index in [2.05, 4.69) is 71.7 Å². The number of likely N-dealkylation sites (tertiary alicyclic amines) is 2. The van der Waals surface area contributed by atoms with Gasteiger partial charge in [-0.15, -0.1) is 24.0 Å². The zero-order valence-corrected chi connectivity index (χ0v) is 20.8. The van der Waals surface area contributed by atoms with Gasteiger partial charge in [0, 0.05) is 38.3 Å². The smallest absolute Gasteiger partial charge is 0.191 e. The molecule has 0 spiro atoms. The number of nitrogens with zero attached hydrogens (tertiary/aromatic N) is 3. The maximum absolute atomic E-state index is 4.93. The van der Waals surface area contributed by atoms with Gasteiger partial charge in [-0.25, -0.2) is 0 Å². The Hall–Kier alpha value is -0.860. The molecule has 2 aliphatic heterocycles. The van der Waals surface area contributed by atoms with Gasteiger partial charge in [-0.1, -0.05) is 30.3 Å². The number of piperidine rings is 2. The van der Waals surface area contributed by atoms with Crippen LogP contribution in [-0.4, -0.2) is 67.6 Å². The zero-order chi connectivity index (χ0) is 19.8. The second-order valence-electron chi connectivity index (χ2n) is 8.64. The summed E-state index contributed by atoms with van der Waals surface area (Å²) in [6.07, 6.45) is 4.89. The average Bonchev–Trinajstić information content (AvgIpc) is 2.70. The molecule has 2 N–H and O–H groups in total. The lowest BCUT2D eigenvalue weighted by Crippen LogP contribution is -2.51. The van der Waals surface area contributed by atoms with Crippen molar-refractivity contribution < 1.29 is 0 Å². The maximum Gasteiger partial charge on any atom is 0.191 e. The molecule has 29 heavy (non-hydrogen) atoms. The molecule has 2 heterocycles. The number of hydrogen-bond acceptors (Lipinski definition) is 3. The Bertz CT molecular complexity index is 601. The zero-order valence-electron chi connectivity index (χ0n) is 18.4. The molecule has 2 fully saturated rings. The van der Waals surface area contributed by atoms with E-state index in [0.717, 1.165) is 38.1 Å². The number of nitrogens with one attached hydrogen (secondary N) is 2. The molecule has 1 aromatic carbocycles. The van der Waals surface area contributed by atoms with Crippen LogP contribution in [0.3, 0.4) is 0 Å². The summed E-state index contributed by atoms with van der Waals surface area (Å²) >= 11 is 0. The Balaban J connectivity index is 0.00000300. The van der Waals surface area contributed by atoms with Crippen LogP contribution in [-0.2, 0) is 6.54 Å². The molecule has 2 atom stereocenters. The fraction of sp³-hybridized carbons (Fsp3) is 0.696. The van der Waals surface area contributed by atoms with Crippen molar-refractivity contribution in [3.05, 3.63) is 35.9 Å². The number of hydrogen-bond donors (Lipinski definition) is 2. The average molecular weight is 514 g/mol. The van der Waals surface area contributed by atoms with Crippen LogP contribution in [0.15, 0.2) is 35.3 Å². The van der Waals surface area contributed by atoms with Gasteiger partial charge in [0.25, 0.3) is 0 Å². The fourth-order valence-electron chi connectivity index (χ4n) is 4.38. The second kappa shape index (κ2) is 12.7. The molecule has 2 saturated heterocycles. The molecule has 2 unspecified atom stereocenters. The first-order chi connectivity index (χ1) is 13.6. The van der Waals surface area contributed by atoms with E-state index < -0.39 is 0 Å². The highest BCUT2D eigenvalue weighted by Gasteiger charge is 2.26. The molecule has 0 aromatic heterocycles. The first-order valence-electron chi connectivity index (χ1n) is 11.2. The quantitative estimate of drug-likeness (QED) is 0.347. The van der Waals surface area contributed by atoms with Gasteiger partial charge in [-0.2, -0.15) is 0 Å². The van der Waals surface area contributed by atoms with Crippen LogP contribution in [0.4, 0.5) is 0 Å². The first-order valence-corrected chi connectivity index (χ1v) is 11.2. The highest BCUT2D eigenvalue weighted by molar-refractivity contribution is 14.0. The van der Waals surface area contributed by atoms with Crippen molar-refractivity contribution in [2.75, 3.05) is 39.8 Å². The molecule has 0 radical (unpaired) electrons. The van der Waals surface area contributed by atoms with Crippen LogP contribution in [0.2, 0.25) is 0 Å². The second-order valence-corrected chi connectivity index (χ2v) is 8.64. The van der Waals surface area contributed by atoms with Gasteiger partial charge >= 0.3 is 0 Å². The molecule has 0 bridgehead atoms. The van der Waals surface area contributed by atoms with E-state index in [4.69, 9.17) is 4.99 Å². The number of guanidine groups is 1. The van der Waals surface area contributed by atoms with Crippen molar-refractivity contribution in [3.63, 3.8) is 0 Å². The third kappa shape index (κ3) is 8.06. The highest BCUT2D eigenvalue weighted by Crippen LogP contribution is 2.20. The summed E-state index contributed by atoms with van der Waals surface area (Å²) in [6, 6.07) is 11.9. The van der Waals surface area contributed by atoms with E-state index >= 15 is 0 Å². The van der Waals surface area contributed by atoms with E-state index in [1.807, 2.05) is 0 Å². The number of halogens is 1. The van der Waals surface area contributed by atoms with E-state index in [9.17, 15) is 0 Å². The summed E-state index contributed by atoms with van der Waals surface area (Å²) in [5.74, 6) is 1.74. The molecular formula is C23H40IN5. The van der Waals surface area contributed by atoms with Crippen LogP contribution in [0.25, 0.3) is 0 Å². The van der Waals surface area contributed by atoms with Crippen LogP contribution in [0, 0.1) is 5.92 Å². The van der Waals surface area contributed by atoms with Crippen molar-refractivity contribution in [2.24, 2.45) is 10.9 Å². The molecule has 2 aliphatic rings. The normalized spacial score (nSPS) is 24.7. The molecular weight excluding hydrogens is 473 g/mol.